The van der Waals surface area contributed by atoms with Gasteiger partial charge in [0.15, 0.2) is 0 Å². The first-order chi connectivity index (χ1) is 16.9. The van der Waals surface area contributed by atoms with Crippen LogP contribution in [0.4, 0.5) is 0 Å². The van der Waals surface area contributed by atoms with Crippen molar-refractivity contribution in [2.45, 2.75) is 33.2 Å². The van der Waals surface area contributed by atoms with E-state index in [0.717, 1.165) is 55.2 Å². The molecule has 0 unspecified atom stereocenters. The molecule has 2 aliphatic rings. The van der Waals surface area contributed by atoms with Gasteiger partial charge in [-0.2, -0.15) is 0 Å². The summed E-state index contributed by atoms with van der Waals surface area (Å²) in [5, 5.41) is 2.69. The molecule has 1 aromatic carbocycles. The topological polar surface area (TPSA) is 72.5 Å². The number of carbonyl (C=O) groups is 1. The molecule has 2 fully saturated rings. The predicted octanol–water partition coefficient (Wildman–Crippen LogP) is 3.83. The Labute approximate surface area is 210 Å². The zero-order valence-corrected chi connectivity index (χ0v) is 21.7. The van der Waals surface area contributed by atoms with Crippen molar-refractivity contribution >= 4 is 27.5 Å². The molecule has 8 heteroatoms. The van der Waals surface area contributed by atoms with Gasteiger partial charge in [-0.3, -0.25) is 19.4 Å². The van der Waals surface area contributed by atoms with Crippen LogP contribution in [0.1, 0.15) is 39.1 Å². The number of carbonyl (C=O) groups excluding carboxylic acids is 1. The molecule has 3 aromatic rings. The standard InChI is InChI=1S/C27H35N5O2S/c1-18-13-19(2)15-32(14-18)23(33)16-30-9-11-31(12-10-30)20(3)25-28-26(34)24-22(17-35-27(24)29-25)21-7-5-4-6-8-21/h4-8,17-20H,9-16H2,1-3H3,(H,28,29,34)/t18-,19-,20-/m1/s1. The fourth-order valence-electron chi connectivity index (χ4n) is 5.63. The molecule has 2 aromatic heterocycles. The molecule has 0 saturated carbocycles. The summed E-state index contributed by atoms with van der Waals surface area (Å²) in [7, 11) is 0. The number of thiophene rings is 1. The third-order valence-corrected chi connectivity index (χ3v) is 8.35. The number of hydrogen-bond donors (Lipinski definition) is 1. The summed E-state index contributed by atoms with van der Waals surface area (Å²) >= 11 is 1.52. The lowest BCUT2D eigenvalue weighted by Gasteiger charge is -2.39. The number of H-pyrrole nitrogens is 1. The maximum absolute atomic E-state index is 13.1. The minimum atomic E-state index is -0.0776. The number of rotatable bonds is 5. The van der Waals surface area contributed by atoms with Gasteiger partial charge in [0.25, 0.3) is 5.56 Å². The van der Waals surface area contributed by atoms with Gasteiger partial charge in [-0.25, -0.2) is 4.98 Å². The zero-order valence-electron chi connectivity index (χ0n) is 20.9. The SMILES string of the molecule is C[C@@H]1C[C@@H](C)CN(C(=O)CN2CCN([C@H](C)c3nc4scc(-c5ccccc5)c4c(=O)[nH]3)CC2)C1. The minimum absolute atomic E-state index is 0.0102. The van der Waals surface area contributed by atoms with Gasteiger partial charge < -0.3 is 9.88 Å². The van der Waals surface area contributed by atoms with Gasteiger partial charge in [0, 0.05) is 50.2 Å². The first-order valence-electron chi connectivity index (χ1n) is 12.7. The van der Waals surface area contributed by atoms with Crippen molar-refractivity contribution in [3.63, 3.8) is 0 Å². The summed E-state index contributed by atoms with van der Waals surface area (Å²) in [6, 6.07) is 10.00. The van der Waals surface area contributed by atoms with Crippen LogP contribution in [0.15, 0.2) is 40.5 Å². The minimum Gasteiger partial charge on any atom is -0.341 e. The van der Waals surface area contributed by atoms with Gasteiger partial charge in [0.05, 0.1) is 18.0 Å². The number of nitrogens with one attached hydrogen (secondary N) is 1. The molecule has 35 heavy (non-hydrogen) atoms. The second-order valence-electron chi connectivity index (χ2n) is 10.4. The van der Waals surface area contributed by atoms with Gasteiger partial charge in [-0.05, 0) is 30.7 Å². The van der Waals surface area contributed by atoms with E-state index in [4.69, 9.17) is 4.98 Å². The van der Waals surface area contributed by atoms with Crippen molar-refractivity contribution in [2.75, 3.05) is 45.8 Å². The molecule has 7 nitrogen and oxygen atoms in total. The maximum atomic E-state index is 13.1. The normalized spacial score (nSPS) is 23.0. The number of aromatic nitrogens is 2. The van der Waals surface area contributed by atoms with E-state index in [1.807, 2.05) is 35.7 Å². The van der Waals surface area contributed by atoms with Crippen LogP contribution in [0.2, 0.25) is 0 Å². The highest BCUT2D eigenvalue weighted by Gasteiger charge is 2.29. The second kappa shape index (κ2) is 10.2. The largest absolute Gasteiger partial charge is 0.341 e. The molecule has 1 N–H and O–H groups in total. The molecular weight excluding hydrogens is 458 g/mol. The lowest BCUT2D eigenvalue weighted by atomic mass is 9.92. The van der Waals surface area contributed by atoms with E-state index in [0.29, 0.717) is 29.6 Å². The lowest BCUT2D eigenvalue weighted by Crippen LogP contribution is -2.52. The molecule has 4 heterocycles. The Hall–Kier alpha value is -2.55. The molecule has 2 aliphatic heterocycles. The summed E-state index contributed by atoms with van der Waals surface area (Å²) in [5.41, 5.74) is 1.89. The third-order valence-electron chi connectivity index (χ3n) is 7.48. The van der Waals surface area contributed by atoms with Crippen LogP contribution in [0.25, 0.3) is 21.3 Å². The predicted molar refractivity (Wildman–Crippen MR) is 142 cm³/mol. The number of piperidine rings is 1. The van der Waals surface area contributed by atoms with Gasteiger partial charge in [-0.1, -0.05) is 44.2 Å². The fraction of sp³-hybridized carbons (Fsp3) is 0.519. The summed E-state index contributed by atoms with van der Waals surface area (Å²) < 4.78 is 0. The van der Waals surface area contributed by atoms with Crippen molar-refractivity contribution < 1.29 is 4.79 Å². The molecule has 5 rings (SSSR count). The smallest absolute Gasteiger partial charge is 0.260 e. The van der Waals surface area contributed by atoms with E-state index < -0.39 is 0 Å². The summed E-state index contributed by atoms with van der Waals surface area (Å²) in [6.45, 7) is 12.2. The number of fused-ring (bicyclic) bond motifs is 1. The molecule has 1 amide bonds. The molecule has 2 saturated heterocycles. The summed E-state index contributed by atoms with van der Waals surface area (Å²) in [5.74, 6) is 2.14. The Morgan fingerprint density at radius 1 is 1.11 bits per heavy atom. The maximum Gasteiger partial charge on any atom is 0.260 e. The number of amides is 1. The van der Waals surface area contributed by atoms with Gasteiger partial charge >= 0.3 is 0 Å². The number of hydrogen-bond acceptors (Lipinski definition) is 6. The Morgan fingerprint density at radius 2 is 1.80 bits per heavy atom. The van der Waals surface area contributed by atoms with E-state index in [2.05, 4.69) is 40.5 Å². The summed E-state index contributed by atoms with van der Waals surface area (Å²) in [6.07, 6.45) is 1.21. The van der Waals surface area contributed by atoms with Crippen LogP contribution >= 0.6 is 11.3 Å². The number of aromatic amines is 1. The molecule has 186 valence electrons. The Bertz CT molecular complexity index is 1220. The van der Waals surface area contributed by atoms with Crippen LogP contribution in [0.3, 0.4) is 0 Å². The number of piperazine rings is 1. The Morgan fingerprint density at radius 3 is 2.49 bits per heavy atom. The van der Waals surface area contributed by atoms with Crippen LogP contribution in [-0.4, -0.2) is 76.4 Å². The van der Waals surface area contributed by atoms with Crippen LogP contribution in [-0.2, 0) is 4.79 Å². The van der Waals surface area contributed by atoms with E-state index >= 15 is 0 Å². The van der Waals surface area contributed by atoms with Gasteiger partial charge in [0.1, 0.15) is 10.7 Å². The fourth-order valence-corrected chi connectivity index (χ4v) is 6.59. The number of likely N-dealkylation sites (tertiary alicyclic amines) is 1. The van der Waals surface area contributed by atoms with Crippen LogP contribution in [0, 0.1) is 11.8 Å². The van der Waals surface area contributed by atoms with Gasteiger partial charge in [-0.15, -0.1) is 11.3 Å². The lowest BCUT2D eigenvalue weighted by molar-refractivity contribution is -0.135. The highest BCUT2D eigenvalue weighted by Crippen LogP contribution is 2.31. The Kier molecular flexibility index (Phi) is 7.05. The van der Waals surface area contributed by atoms with E-state index in [-0.39, 0.29) is 17.5 Å². The highest BCUT2D eigenvalue weighted by molar-refractivity contribution is 7.17. The average molecular weight is 494 g/mol. The van der Waals surface area contributed by atoms with Crippen LogP contribution in [0.5, 0.6) is 0 Å². The first kappa shape index (κ1) is 24.2. The molecule has 3 atom stereocenters. The molecule has 0 radical (unpaired) electrons. The number of benzene rings is 1. The third kappa shape index (κ3) is 5.20. The summed E-state index contributed by atoms with van der Waals surface area (Å²) in [4.78, 5) is 41.3. The van der Waals surface area contributed by atoms with Crippen molar-refractivity contribution in [1.82, 2.24) is 24.7 Å². The molecule has 0 aliphatic carbocycles. The van der Waals surface area contributed by atoms with Crippen LogP contribution < -0.4 is 5.56 Å². The molecular formula is C27H35N5O2S. The zero-order chi connectivity index (χ0) is 24.5. The molecule has 0 spiro atoms. The van der Waals surface area contributed by atoms with Crippen molar-refractivity contribution in [3.8, 4) is 11.1 Å². The Balaban J connectivity index is 1.22. The number of nitrogens with zero attached hydrogens (tertiary/aromatic N) is 4. The van der Waals surface area contributed by atoms with Crippen molar-refractivity contribution in [3.05, 3.63) is 51.9 Å². The van der Waals surface area contributed by atoms with Crippen molar-refractivity contribution in [1.29, 1.82) is 0 Å². The first-order valence-corrected chi connectivity index (χ1v) is 13.6. The van der Waals surface area contributed by atoms with E-state index in [9.17, 15) is 9.59 Å². The van der Waals surface area contributed by atoms with Crippen molar-refractivity contribution in [2.24, 2.45) is 11.8 Å². The molecule has 0 bridgehead atoms. The van der Waals surface area contributed by atoms with E-state index in [1.54, 1.807) is 0 Å². The second-order valence-corrected chi connectivity index (χ2v) is 11.2. The monoisotopic (exact) mass is 493 g/mol. The quantitative estimate of drug-likeness (QED) is 0.585. The average Bonchev–Trinajstić information content (AvgIpc) is 3.29. The van der Waals surface area contributed by atoms with E-state index in [1.165, 1.54) is 17.8 Å². The highest BCUT2D eigenvalue weighted by atomic mass is 32.1. The van der Waals surface area contributed by atoms with Gasteiger partial charge in [0.2, 0.25) is 5.91 Å².